The van der Waals surface area contributed by atoms with Crippen LogP contribution in [0.15, 0.2) is 57.9 Å². The third-order valence-electron chi connectivity index (χ3n) is 4.05. The van der Waals surface area contributed by atoms with Gasteiger partial charge in [-0.2, -0.15) is 4.31 Å². The maximum atomic E-state index is 12.9. The van der Waals surface area contributed by atoms with Crippen LogP contribution in [0.2, 0.25) is 0 Å². The van der Waals surface area contributed by atoms with Gasteiger partial charge in [0.1, 0.15) is 0 Å². The van der Waals surface area contributed by atoms with Crippen molar-refractivity contribution >= 4 is 26.0 Å². The molecular weight excluding hydrogens is 362 g/mol. The van der Waals surface area contributed by atoms with Crippen molar-refractivity contribution in [3.05, 3.63) is 64.1 Å². The Morgan fingerprint density at radius 1 is 1.14 bits per heavy atom. The van der Waals surface area contributed by atoms with Crippen molar-refractivity contribution in [2.24, 2.45) is 0 Å². The number of hydrogen-bond acceptors (Lipinski definition) is 2. The van der Waals surface area contributed by atoms with E-state index >= 15 is 0 Å². The molecule has 22 heavy (non-hydrogen) atoms. The summed E-state index contributed by atoms with van der Waals surface area (Å²) in [5, 5.41) is 0. The Labute approximate surface area is 140 Å². The molecule has 3 rings (SSSR count). The molecule has 0 spiro atoms. The minimum atomic E-state index is -3.45. The summed E-state index contributed by atoms with van der Waals surface area (Å²) in [4.78, 5) is 0.357. The van der Waals surface area contributed by atoms with E-state index in [1.54, 1.807) is 28.6 Å². The fourth-order valence-corrected chi connectivity index (χ4v) is 4.93. The van der Waals surface area contributed by atoms with E-state index in [1.807, 2.05) is 25.1 Å². The first-order valence-electron chi connectivity index (χ1n) is 7.32. The first kappa shape index (κ1) is 15.7. The van der Waals surface area contributed by atoms with E-state index in [4.69, 9.17) is 0 Å². The highest BCUT2D eigenvalue weighted by molar-refractivity contribution is 9.10. The van der Waals surface area contributed by atoms with Gasteiger partial charge in [0.05, 0.1) is 10.9 Å². The van der Waals surface area contributed by atoms with Gasteiger partial charge in [-0.1, -0.05) is 45.8 Å². The molecule has 1 fully saturated rings. The number of rotatable bonds is 3. The van der Waals surface area contributed by atoms with E-state index in [2.05, 4.69) is 22.0 Å². The van der Waals surface area contributed by atoms with Crippen LogP contribution < -0.4 is 0 Å². The normalized spacial score (nSPS) is 19.5. The zero-order valence-corrected chi connectivity index (χ0v) is 14.8. The molecule has 0 saturated carbocycles. The molecule has 0 N–H and O–H groups in total. The highest BCUT2D eigenvalue weighted by atomic mass is 79.9. The Morgan fingerprint density at radius 3 is 2.55 bits per heavy atom. The van der Waals surface area contributed by atoms with Gasteiger partial charge in [-0.05, 0) is 49.6 Å². The van der Waals surface area contributed by atoms with Crippen molar-refractivity contribution in [1.29, 1.82) is 0 Å². The molecule has 5 heteroatoms. The molecule has 0 aromatic heterocycles. The largest absolute Gasteiger partial charge is 0.243 e. The summed E-state index contributed by atoms with van der Waals surface area (Å²) in [5.41, 5.74) is 2.24. The lowest BCUT2D eigenvalue weighted by atomic mass is 10.0. The molecule has 0 radical (unpaired) electrons. The smallest absolute Gasteiger partial charge is 0.207 e. The summed E-state index contributed by atoms with van der Waals surface area (Å²) in [5.74, 6) is 0. The van der Waals surface area contributed by atoms with Crippen LogP contribution in [0.4, 0.5) is 0 Å². The van der Waals surface area contributed by atoms with E-state index in [0.717, 1.165) is 28.4 Å². The summed E-state index contributed by atoms with van der Waals surface area (Å²) in [6.45, 7) is 2.61. The Kier molecular flexibility index (Phi) is 4.39. The number of sulfonamides is 1. The van der Waals surface area contributed by atoms with Crippen LogP contribution in [0.1, 0.15) is 30.0 Å². The molecular formula is C17H18BrNO2S. The van der Waals surface area contributed by atoms with Gasteiger partial charge in [0.2, 0.25) is 10.0 Å². The van der Waals surface area contributed by atoms with Gasteiger partial charge in [-0.15, -0.1) is 0 Å². The molecule has 1 atom stereocenters. The van der Waals surface area contributed by atoms with E-state index in [-0.39, 0.29) is 6.04 Å². The van der Waals surface area contributed by atoms with Crippen molar-refractivity contribution in [2.75, 3.05) is 6.54 Å². The SMILES string of the molecule is Cc1cccc([C@@H]2CCCN2S(=O)(=O)c2ccc(Br)cc2)c1. The van der Waals surface area contributed by atoms with Gasteiger partial charge < -0.3 is 0 Å². The molecule has 0 amide bonds. The van der Waals surface area contributed by atoms with Crippen LogP contribution in [-0.2, 0) is 10.0 Å². The van der Waals surface area contributed by atoms with Gasteiger partial charge in [-0.25, -0.2) is 8.42 Å². The zero-order chi connectivity index (χ0) is 15.7. The number of nitrogens with zero attached hydrogens (tertiary/aromatic N) is 1. The monoisotopic (exact) mass is 379 g/mol. The van der Waals surface area contributed by atoms with Crippen LogP contribution >= 0.6 is 15.9 Å². The van der Waals surface area contributed by atoms with E-state index in [9.17, 15) is 8.42 Å². The maximum Gasteiger partial charge on any atom is 0.243 e. The molecule has 1 aliphatic rings. The Balaban J connectivity index is 1.97. The van der Waals surface area contributed by atoms with E-state index in [0.29, 0.717) is 11.4 Å². The van der Waals surface area contributed by atoms with Gasteiger partial charge in [0.25, 0.3) is 0 Å². The molecule has 2 aromatic carbocycles. The quantitative estimate of drug-likeness (QED) is 0.797. The number of halogens is 1. The second-order valence-electron chi connectivity index (χ2n) is 5.64. The number of aryl methyl sites for hydroxylation is 1. The van der Waals surface area contributed by atoms with E-state index < -0.39 is 10.0 Å². The Hall–Kier alpha value is -1.17. The highest BCUT2D eigenvalue weighted by Gasteiger charge is 2.36. The predicted molar refractivity (Wildman–Crippen MR) is 91.2 cm³/mol. The molecule has 116 valence electrons. The molecule has 3 nitrogen and oxygen atoms in total. The third-order valence-corrected chi connectivity index (χ3v) is 6.50. The first-order chi connectivity index (χ1) is 10.5. The lowest BCUT2D eigenvalue weighted by Crippen LogP contribution is -2.30. The molecule has 0 aliphatic carbocycles. The van der Waals surface area contributed by atoms with Gasteiger partial charge in [-0.3, -0.25) is 0 Å². The fraction of sp³-hybridized carbons (Fsp3) is 0.294. The van der Waals surface area contributed by atoms with Crippen LogP contribution in [0, 0.1) is 6.92 Å². The van der Waals surface area contributed by atoms with Crippen LogP contribution in [0.25, 0.3) is 0 Å². The topological polar surface area (TPSA) is 37.4 Å². The van der Waals surface area contributed by atoms with Gasteiger partial charge in [0, 0.05) is 11.0 Å². The lowest BCUT2D eigenvalue weighted by molar-refractivity contribution is 0.396. The van der Waals surface area contributed by atoms with Crippen molar-refractivity contribution in [2.45, 2.75) is 30.7 Å². The second kappa shape index (κ2) is 6.14. The summed E-state index contributed by atoms with van der Waals surface area (Å²) in [6.07, 6.45) is 1.77. The van der Waals surface area contributed by atoms with E-state index in [1.165, 1.54) is 0 Å². The van der Waals surface area contributed by atoms with Crippen molar-refractivity contribution in [1.82, 2.24) is 4.31 Å². The van der Waals surface area contributed by atoms with Gasteiger partial charge in [0.15, 0.2) is 0 Å². The van der Waals surface area contributed by atoms with Gasteiger partial charge >= 0.3 is 0 Å². The molecule has 1 aliphatic heterocycles. The predicted octanol–water partition coefficient (Wildman–Crippen LogP) is 4.28. The van der Waals surface area contributed by atoms with Crippen molar-refractivity contribution in [3.8, 4) is 0 Å². The first-order valence-corrected chi connectivity index (χ1v) is 9.56. The summed E-state index contributed by atoms with van der Waals surface area (Å²) < 4.78 is 28.4. The molecule has 0 bridgehead atoms. The summed E-state index contributed by atoms with van der Waals surface area (Å²) >= 11 is 3.34. The summed E-state index contributed by atoms with van der Waals surface area (Å²) in [6, 6.07) is 14.9. The molecule has 1 saturated heterocycles. The third kappa shape index (κ3) is 2.98. The minimum absolute atomic E-state index is 0.0615. The summed E-state index contributed by atoms with van der Waals surface area (Å²) in [7, 11) is -3.45. The fourth-order valence-electron chi connectivity index (χ4n) is 2.98. The Bertz CT molecular complexity index is 772. The molecule has 2 aromatic rings. The molecule has 0 unspecified atom stereocenters. The van der Waals surface area contributed by atoms with Crippen LogP contribution in [0.5, 0.6) is 0 Å². The standard InChI is InChI=1S/C17H18BrNO2S/c1-13-4-2-5-14(12-13)17-6-3-11-19(17)22(20,21)16-9-7-15(18)8-10-16/h2,4-5,7-10,12,17H,3,6,11H2,1H3/t17-/m0/s1. The molecule has 1 heterocycles. The second-order valence-corrected chi connectivity index (χ2v) is 8.45. The Morgan fingerprint density at radius 2 is 1.86 bits per heavy atom. The van der Waals surface area contributed by atoms with Crippen molar-refractivity contribution < 1.29 is 8.42 Å². The number of hydrogen-bond donors (Lipinski definition) is 0. The highest BCUT2D eigenvalue weighted by Crippen LogP contribution is 2.36. The minimum Gasteiger partial charge on any atom is -0.207 e. The zero-order valence-electron chi connectivity index (χ0n) is 12.4. The number of benzene rings is 2. The average molecular weight is 380 g/mol. The van der Waals surface area contributed by atoms with Crippen molar-refractivity contribution in [3.63, 3.8) is 0 Å². The lowest BCUT2D eigenvalue weighted by Gasteiger charge is -2.24. The maximum absolute atomic E-state index is 12.9. The van der Waals surface area contributed by atoms with Crippen LogP contribution in [0.3, 0.4) is 0 Å². The van der Waals surface area contributed by atoms with Crippen LogP contribution in [-0.4, -0.2) is 19.3 Å². The average Bonchev–Trinajstić information content (AvgIpc) is 2.98.